The van der Waals surface area contributed by atoms with Crippen LogP contribution in [0.2, 0.25) is 0 Å². The molecule has 2 aliphatic rings. The number of carbonyl (C=O) groups excluding carboxylic acids is 1. The van der Waals surface area contributed by atoms with Crippen LogP contribution < -0.4 is 10.3 Å². The van der Waals surface area contributed by atoms with Crippen LogP contribution in [0.4, 0.5) is 32.0 Å². The average molecular weight is 569 g/mol. The summed E-state index contributed by atoms with van der Waals surface area (Å²) in [4.78, 5) is 16.4. The van der Waals surface area contributed by atoms with Gasteiger partial charge in [-0.25, -0.2) is 9.29 Å². The number of sulfonamides is 1. The fraction of sp³-hybridized carbons (Fsp3) is 0.476. The number of fused-ring (bicyclic) bond motifs is 1. The van der Waals surface area contributed by atoms with E-state index in [1.807, 2.05) is 0 Å². The molecule has 0 atom stereocenters. The molecule has 0 radical (unpaired) electrons. The number of amidine groups is 1. The predicted octanol–water partition coefficient (Wildman–Crippen LogP) is 3.06. The first-order chi connectivity index (χ1) is 17.7. The van der Waals surface area contributed by atoms with Gasteiger partial charge in [-0.15, -0.1) is 5.10 Å². The molecular weight excluding hydrogens is 546 g/mol. The summed E-state index contributed by atoms with van der Waals surface area (Å²) in [6.45, 7) is -0.646. The Hall–Kier alpha value is -3.50. The molecule has 2 aliphatic heterocycles. The highest BCUT2D eigenvalue weighted by Crippen LogP contribution is 2.34. The zero-order valence-electron chi connectivity index (χ0n) is 19.8. The molecule has 208 valence electrons. The standard InChI is InChI=1S/C21H22F6N6O4S/c1-37-19-30-32(10-11-33(19)38(35,36)21(25,26)27)14-7-5-13(6-8-14)12-28-18(34)16-17(20(22,23)24)29-15-4-2-3-9-31(15)16/h5-8H,2-4,9-12H2,1H3,(H,28,34). The van der Waals surface area contributed by atoms with Gasteiger partial charge in [0, 0.05) is 19.5 Å². The number of amides is 1. The summed E-state index contributed by atoms with van der Waals surface area (Å²) >= 11 is 0. The fourth-order valence-electron chi connectivity index (χ4n) is 4.13. The summed E-state index contributed by atoms with van der Waals surface area (Å²) in [5.74, 6) is -0.699. The van der Waals surface area contributed by atoms with Crippen molar-refractivity contribution in [3.05, 3.63) is 47.0 Å². The Bertz CT molecular complexity index is 1340. The van der Waals surface area contributed by atoms with E-state index in [1.54, 1.807) is 0 Å². The number of halogens is 6. The molecule has 2 aromatic rings. The molecule has 38 heavy (non-hydrogen) atoms. The smallest absolute Gasteiger partial charge is 0.467 e. The van der Waals surface area contributed by atoms with Crippen LogP contribution in [-0.4, -0.2) is 59.9 Å². The Labute approximate surface area is 212 Å². The van der Waals surface area contributed by atoms with Gasteiger partial charge in [-0.1, -0.05) is 12.1 Å². The summed E-state index contributed by atoms with van der Waals surface area (Å²) in [5, 5.41) is 7.54. The van der Waals surface area contributed by atoms with Crippen LogP contribution in [0.1, 0.15) is 40.4 Å². The van der Waals surface area contributed by atoms with Crippen LogP contribution in [0.3, 0.4) is 0 Å². The average Bonchev–Trinajstić information content (AvgIpc) is 3.27. The fourth-order valence-corrected chi connectivity index (χ4v) is 5.01. The van der Waals surface area contributed by atoms with Crippen molar-refractivity contribution in [1.82, 2.24) is 19.2 Å². The number of imidazole rings is 1. The van der Waals surface area contributed by atoms with Crippen LogP contribution in [0.15, 0.2) is 29.4 Å². The maximum atomic E-state index is 13.5. The third-order valence-corrected chi connectivity index (χ3v) is 7.45. The van der Waals surface area contributed by atoms with Crippen LogP contribution in [0, 0.1) is 0 Å². The molecule has 4 rings (SSSR count). The highest BCUT2D eigenvalue weighted by molar-refractivity contribution is 7.90. The van der Waals surface area contributed by atoms with Gasteiger partial charge in [-0.05, 0) is 30.5 Å². The number of hydrogen-bond donors (Lipinski definition) is 1. The number of ether oxygens (including phenoxy) is 1. The Morgan fingerprint density at radius 2 is 1.74 bits per heavy atom. The van der Waals surface area contributed by atoms with E-state index < -0.39 is 51.6 Å². The number of carbonyl (C=O) groups is 1. The first kappa shape index (κ1) is 27.5. The molecule has 0 saturated heterocycles. The number of alkyl halides is 6. The van der Waals surface area contributed by atoms with Gasteiger partial charge in [0.15, 0.2) is 5.69 Å². The molecule has 1 amide bonds. The minimum Gasteiger partial charge on any atom is -0.467 e. The summed E-state index contributed by atoms with van der Waals surface area (Å²) in [6, 6.07) is 5.32. The molecule has 1 aromatic carbocycles. The highest BCUT2D eigenvalue weighted by Gasteiger charge is 2.52. The molecule has 10 nitrogen and oxygen atoms in total. The molecule has 17 heteroatoms. The van der Waals surface area contributed by atoms with Crippen molar-refractivity contribution >= 4 is 27.6 Å². The van der Waals surface area contributed by atoms with Gasteiger partial charge in [-0.2, -0.15) is 34.8 Å². The lowest BCUT2D eigenvalue weighted by atomic mass is 10.1. The third kappa shape index (κ3) is 5.23. The number of nitrogens with one attached hydrogen (secondary N) is 1. The quantitative estimate of drug-likeness (QED) is 0.556. The topological polar surface area (TPSA) is 109 Å². The third-order valence-electron chi connectivity index (χ3n) is 5.95. The maximum absolute atomic E-state index is 13.5. The second-order valence-corrected chi connectivity index (χ2v) is 10.3. The molecule has 0 bridgehead atoms. The van der Waals surface area contributed by atoms with Crippen LogP contribution in [-0.2, 0) is 40.4 Å². The Morgan fingerprint density at radius 1 is 1.05 bits per heavy atom. The maximum Gasteiger partial charge on any atom is 0.516 e. The summed E-state index contributed by atoms with van der Waals surface area (Å²) < 4.78 is 109. The monoisotopic (exact) mass is 568 g/mol. The second-order valence-electron chi connectivity index (χ2n) is 8.41. The Kier molecular flexibility index (Phi) is 7.24. The number of hydrazone groups is 1. The number of anilines is 1. The zero-order valence-corrected chi connectivity index (χ0v) is 20.6. The molecule has 0 aliphatic carbocycles. The zero-order chi connectivity index (χ0) is 27.9. The summed E-state index contributed by atoms with van der Waals surface area (Å²) in [6.07, 6.45) is -3.12. The number of nitrogens with zero attached hydrogens (tertiary/aromatic N) is 5. The van der Waals surface area contributed by atoms with Crippen molar-refractivity contribution < 1.29 is 44.3 Å². The van der Waals surface area contributed by atoms with Gasteiger partial charge < -0.3 is 14.6 Å². The largest absolute Gasteiger partial charge is 0.516 e. The van der Waals surface area contributed by atoms with Gasteiger partial charge >= 0.3 is 27.7 Å². The van der Waals surface area contributed by atoms with Crippen molar-refractivity contribution in [2.75, 3.05) is 25.2 Å². The van der Waals surface area contributed by atoms with E-state index in [1.165, 1.54) is 33.8 Å². The van der Waals surface area contributed by atoms with Crippen molar-refractivity contribution in [3.63, 3.8) is 0 Å². The Balaban J connectivity index is 1.47. The number of aromatic nitrogens is 2. The number of aryl methyl sites for hydroxylation is 1. The van der Waals surface area contributed by atoms with E-state index in [-0.39, 0.29) is 29.8 Å². The molecule has 1 aromatic heterocycles. The lowest BCUT2D eigenvalue weighted by Gasteiger charge is -2.32. The lowest BCUT2D eigenvalue weighted by molar-refractivity contribution is -0.141. The predicted molar refractivity (Wildman–Crippen MR) is 121 cm³/mol. The van der Waals surface area contributed by atoms with Gasteiger partial charge in [0.1, 0.15) is 11.5 Å². The molecule has 3 heterocycles. The van der Waals surface area contributed by atoms with E-state index >= 15 is 0 Å². The number of rotatable bonds is 5. The first-order valence-corrected chi connectivity index (χ1v) is 12.7. The SMILES string of the molecule is COC1=NN(c2ccc(CNC(=O)c3c(C(F)(F)F)nc4n3CCCC4)cc2)CCN1S(=O)(=O)C(F)(F)F. The molecule has 0 saturated carbocycles. The van der Waals surface area contributed by atoms with E-state index in [9.17, 15) is 39.6 Å². The van der Waals surface area contributed by atoms with Gasteiger partial charge in [0.25, 0.3) is 5.91 Å². The van der Waals surface area contributed by atoms with Crippen LogP contribution in [0.5, 0.6) is 0 Å². The minimum atomic E-state index is -5.69. The van der Waals surface area contributed by atoms with Crippen molar-refractivity contribution in [1.29, 1.82) is 0 Å². The molecule has 1 N–H and O–H groups in total. The summed E-state index contributed by atoms with van der Waals surface area (Å²) in [7, 11) is -4.71. The van der Waals surface area contributed by atoms with E-state index in [4.69, 9.17) is 4.74 Å². The minimum absolute atomic E-state index is 0.0256. The normalized spacial score (nSPS) is 16.7. The van der Waals surface area contributed by atoms with Crippen molar-refractivity contribution in [3.8, 4) is 0 Å². The van der Waals surface area contributed by atoms with E-state index in [0.717, 1.165) is 7.11 Å². The molecule has 0 spiro atoms. The Morgan fingerprint density at radius 3 is 2.34 bits per heavy atom. The van der Waals surface area contributed by atoms with Gasteiger partial charge in [0.05, 0.1) is 25.9 Å². The second kappa shape index (κ2) is 9.99. The van der Waals surface area contributed by atoms with Crippen LogP contribution >= 0.6 is 0 Å². The lowest BCUT2D eigenvalue weighted by Crippen LogP contribution is -2.51. The van der Waals surface area contributed by atoms with Crippen molar-refractivity contribution in [2.45, 2.75) is 44.0 Å². The molecular formula is C21H22F6N6O4S. The van der Waals surface area contributed by atoms with Gasteiger partial charge in [-0.3, -0.25) is 9.80 Å². The first-order valence-electron chi connectivity index (χ1n) is 11.3. The van der Waals surface area contributed by atoms with Gasteiger partial charge in [0.2, 0.25) is 0 Å². The molecule has 0 fully saturated rings. The number of benzene rings is 1. The molecule has 0 unspecified atom stereocenters. The van der Waals surface area contributed by atoms with Crippen LogP contribution in [0.25, 0.3) is 0 Å². The highest BCUT2D eigenvalue weighted by atomic mass is 32.2. The van der Waals surface area contributed by atoms with E-state index in [2.05, 4.69) is 15.4 Å². The number of hydrogen-bond acceptors (Lipinski definition) is 7. The summed E-state index contributed by atoms with van der Waals surface area (Å²) in [5.41, 5.74) is -6.39. The number of methoxy groups -OCH3 is 1. The van der Waals surface area contributed by atoms with Crippen molar-refractivity contribution in [2.24, 2.45) is 5.10 Å². The van der Waals surface area contributed by atoms with E-state index in [0.29, 0.717) is 30.5 Å².